The number of rotatable bonds is 3. The van der Waals surface area contributed by atoms with E-state index in [0.717, 1.165) is 26.2 Å². The molecule has 1 heterocycles. The zero-order valence-electron chi connectivity index (χ0n) is 10.7. The smallest absolute Gasteiger partial charge is 0.0349 e. The predicted molar refractivity (Wildman–Crippen MR) is 71.8 cm³/mol. The van der Waals surface area contributed by atoms with Crippen molar-refractivity contribution in [3.8, 4) is 0 Å². The minimum Gasteiger partial charge on any atom is -0.329 e. The molecule has 17 heavy (non-hydrogen) atoms. The van der Waals surface area contributed by atoms with Crippen LogP contribution in [0.25, 0.3) is 0 Å². The molecule has 0 saturated carbocycles. The van der Waals surface area contributed by atoms with Crippen LogP contribution in [0.3, 0.4) is 0 Å². The van der Waals surface area contributed by atoms with Gasteiger partial charge in [-0.3, -0.25) is 4.90 Å². The van der Waals surface area contributed by atoms with Crippen LogP contribution in [0.2, 0.25) is 0 Å². The summed E-state index contributed by atoms with van der Waals surface area (Å²) in [5.74, 6) is 0. The molecule has 1 saturated heterocycles. The first-order chi connectivity index (χ1) is 8.29. The first-order valence-electron chi connectivity index (χ1n) is 6.46. The van der Waals surface area contributed by atoms with Crippen LogP contribution >= 0.6 is 0 Å². The molecule has 2 N–H and O–H groups in total. The number of nitrogens with zero attached hydrogens (tertiary/aromatic N) is 2. The highest BCUT2D eigenvalue weighted by Gasteiger charge is 2.21. The molecule has 1 unspecified atom stereocenters. The minimum atomic E-state index is 0.489. The Morgan fingerprint density at radius 3 is 2.71 bits per heavy atom. The largest absolute Gasteiger partial charge is 0.329 e. The van der Waals surface area contributed by atoms with Gasteiger partial charge in [0.15, 0.2) is 0 Å². The molecule has 2 rings (SSSR count). The van der Waals surface area contributed by atoms with Gasteiger partial charge in [-0.2, -0.15) is 0 Å². The van der Waals surface area contributed by atoms with Crippen LogP contribution in [-0.4, -0.2) is 49.1 Å². The summed E-state index contributed by atoms with van der Waals surface area (Å²) in [5, 5.41) is 0. The monoisotopic (exact) mass is 233 g/mol. The lowest BCUT2D eigenvalue weighted by atomic mass is 10.1. The van der Waals surface area contributed by atoms with Gasteiger partial charge in [0.05, 0.1) is 0 Å². The minimum absolute atomic E-state index is 0.489. The molecule has 0 bridgehead atoms. The average Bonchev–Trinajstić information content (AvgIpc) is 2.52. The summed E-state index contributed by atoms with van der Waals surface area (Å²) in [6, 6.07) is 11.2. The highest BCUT2D eigenvalue weighted by Crippen LogP contribution is 2.12. The average molecular weight is 233 g/mol. The van der Waals surface area contributed by atoms with Crippen LogP contribution in [0.1, 0.15) is 12.0 Å². The normalized spacial score (nSPS) is 23.5. The number of likely N-dealkylation sites (N-methyl/N-ethyl adjacent to an activating group) is 1. The molecule has 0 amide bonds. The van der Waals surface area contributed by atoms with Gasteiger partial charge in [0.25, 0.3) is 0 Å². The fourth-order valence-electron chi connectivity index (χ4n) is 2.54. The first kappa shape index (κ1) is 12.6. The van der Waals surface area contributed by atoms with Gasteiger partial charge in [-0.25, -0.2) is 0 Å². The number of hydrogen-bond donors (Lipinski definition) is 1. The molecule has 1 aliphatic rings. The van der Waals surface area contributed by atoms with E-state index in [1.54, 1.807) is 0 Å². The zero-order valence-corrected chi connectivity index (χ0v) is 10.7. The summed E-state index contributed by atoms with van der Waals surface area (Å²) in [6.07, 6.45) is 1.24. The second-order valence-electron chi connectivity index (χ2n) is 4.96. The van der Waals surface area contributed by atoms with Gasteiger partial charge in [0.2, 0.25) is 0 Å². The van der Waals surface area contributed by atoms with Gasteiger partial charge in [0.1, 0.15) is 0 Å². The zero-order chi connectivity index (χ0) is 12.1. The Balaban J connectivity index is 2.02. The fraction of sp³-hybridized carbons (Fsp3) is 0.571. The molecular formula is C14H23N3. The number of nitrogens with two attached hydrogens (primary N) is 1. The predicted octanol–water partition coefficient (Wildman–Crippen LogP) is 1.15. The Morgan fingerprint density at radius 2 is 2.00 bits per heavy atom. The third-order valence-corrected chi connectivity index (χ3v) is 3.52. The molecule has 1 aliphatic heterocycles. The van der Waals surface area contributed by atoms with Gasteiger partial charge in [-0.05, 0) is 25.6 Å². The molecule has 0 spiro atoms. The Hall–Kier alpha value is -0.900. The Bertz CT molecular complexity index is 325. The molecule has 0 aliphatic carbocycles. The van der Waals surface area contributed by atoms with E-state index in [0.29, 0.717) is 6.04 Å². The summed E-state index contributed by atoms with van der Waals surface area (Å²) in [7, 11) is 2.19. The van der Waals surface area contributed by atoms with E-state index in [-0.39, 0.29) is 0 Å². The van der Waals surface area contributed by atoms with Crippen molar-refractivity contribution in [1.29, 1.82) is 0 Å². The molecule has 0 aromatic heterocycles. The van der Waals surface area contributed by atoms with E-state index in [4.69, 9.17) is 5.73 Å². The van der Waals surface area contributed by atoms with Crippen LogP contribution in [-0.2, 0) is 6.54 Å². The van der Waals surface area contributed by atoms with Crippen molar-refractivity contribution in [3.63, 3.8) is 0 Å². The summed E-state index contributed by atoms with van der Waals surface area (Å²) < 4.78 is 0. The molecule has 3 nitrogen and oxygen atoms in total. The van der Waals surface area contributed by atoms with Crippen molar-refractivity contribution < 1.29 is 0 Å². The molecule has 1 aromatic rings. The lowest BCUT2D eigenvalue weighted by Gasteiger charge is -2.29. The highest BCUT2D eigenvalue weighted by atomic mass is 15.2. The van der Waals surface area contributed by atoms with Gasteiger partial charge < -0.3 is 10.6 Å². The van der Waals surface area contributed by atoms with Crippen molar-refractivity contribution in [1.82, 2.24) is 9.80 Å². The quantitative estimate of drug-likeness (QED) is 0.850. The number of benzene rings is 1. The SMILES string of the molecule is CN1CCCN(Cc2ccccc2)C(CN)C1. The molecule has 94 valence electrons. The van der Waals surface area contributed by atoms with Crippen molar-refractivity contribution in [3.05, 3.63) is 35.9 Å². The van der Waals surface area contributed by atoms with E-state index in [9.17, 15) is 0 Å². The third-order valence-electron chi connectivity index (χ3n) is 3.52. The topological polar surface area (TPSA) is 32.5 Å². The van der Waals surface area contributed by atoms with Crippen molar-refractivity contribution in [2.75, 3.05) is 33.2 Å². The van der Waals surface area contributed by atoms with Gasteiger partial charge in [-0.15, -0.1) is 0 Å². The lowest BCUT2D eigenvalue weighted by Crippen LogP contribution is -2.44. The Kier molecular flexibility index (Phi) is 4.54. The standard InChI is InChI=1S/C14H23N3/c1-16-8-5-9-17(14(10-15)12-16)11-13-6-3-2-4-7-13/h2-4,6-7,14H,5,8-12,15H2,1H3. The van der Waals surface area contributed by atoms with Crippen LogP contribution in [0.4, 0.5) is 0 Å². The van der Waals surface area contributed by atoms with Gasteiger partial charge in [0, 0.05) is 32.2 Å². The maximum atomic E-state index is 5.91. The van der Waals surface area contributed by atoms with Crippen molar-refractivity contribution in [2.45, 2.75) is 19.0 Å². The number of hydrogen-bond acceptors (Lipinski definition) is 3. The maximum absolute atomic E-state index is 5.91. The molecule has 1 atom stereocenters. The second kappa shape index (κ2) is 6.15. The first-order valence-corrected chi connectivity index (χ1v) is 6.46. The van der Waals surface area contributed by atoms with Crippen LogP contribution in [0.15, 0.2) is 30.3 Å². The van der Waals surface area contributed by atoms with E-state index in [1.807, 2.05) is 0 Å². The summed E-state index contributed by atoms with van der Waals surface area (Å²) in [6.45, 7) is 5.19. The van der Waals surface area contributed by atoms with Gasteiger partial charge >= 0.3 is 0 Å². The molecule has 1 fully saturated rings. The van der Waals surface area contributed by atoms with Crippen molar-refractivity contribution >= 4 is 0 Å². The third kappa shape index (κ3) is 3.53. The van der Waals surface area contributed by atoms with Gasteiger partial charge in [-0.1, -0.05) is 30.3 Å². The summed E-state index contributed by atoms with van der Waals surface area (Å²) >= 11 is 0. The van der Waals surface area contributed by atoms with Crippen LogP contribution in [0, 0.1) is 0 Å². The second-order valence-corrected chi connectivity index (χ2v) is 4.96. The van der Waals surface area contributed by atoms with Crippen molar-refractivity contribution in [2.24, 2.45) is 5.73 Å². The fourth-order valence-corrected chi connectivity index (χ4v) is 2.54. The van der Waals surface area contributed by atoms with Crippen LogP contribution in [0.5, 0.6) is 0 Å². The van der Waals surface area contributed by atoms with Crippen LogP contribution < -0.4 is 5.73 Å². The van der Waals surface area contributed by atoms with E-state index < -0.39 is 0 Å². The lowest BCUT2D eigenvalue weighted by molar-refractivity contribution is 0.185. The summed E-state index contributed by atoms with van der Waals surface area (Å²) in [4.78, 5) is 4.92. The summed E-state index contributed by atoms with van der Waals surface area (Å²) in [5.41, 5.74) is 7.30. The molecule has 1 aromatic carbocycles. The molecule has 0 radical (unpaired) electrons. The van der Waals surface area contributed by atoms with E-state index >= 15 is 0 Å². The van der Waals surface area contributed by atoms with E-state index in [1.165, 1.54) is 18.5 Å². The van der Waals surface area contributed by atoms with E-state index in [2.05, 4.69) is 47.2 Å². The Morgan fingerprint density at radius 1 is 1.24 bits per heavy atom. The maximum Gasteiger partial charge on any atom is 0.0349 e. The highest BCUT2D eigenvalue weighted by molar-refractivity contribution is 5.14. The Labute approximate surface area is 104 Å². The molecular weight excluding hydrogens is 210 g/mol. The molecule has 3 heteroatoms.